The van der Waals surface area contributed by atoms with Gasteiger partial charge in [0.2, 0.25) is 0 Å². The zero-order valence-electron chi connectivity index (χ0n) is 10.00. The molecule has 0 radical (unpaired) electrons. The highest BCUT2D eigenvalue weighted by atomic mass is 79.9. The van der Waals surface area contributed by atoms with E-state index in [9.17, 15) is 4.79 Å². The van der Waals surface area contributed by atoms with E-state index in [2.05, 4.69) is 15.9 Å². The van der Waals surface area contributed by atoms with E-state index in [4.69, 9.17) is 23.2 Å². The molecule has 2 aromatic carbocycles. The fourth-order valence-corrected chi connectivity index (χ4v) is 2.43. The van der Waals surface area contributed by atoms with Gasteiger partial charge in [-0.05, 0) is 41.5 Å². The van der Waals surface area contributed by atoms with Crippen LogP contribution in [0.3, 0.4) is 0 Å². The summed E-state index contributed by atoms with van der Waals surface area (Å²) in [6.07, 6.45) is 0.700. The molecule has 0 aliphatic carbocycles. The van der Waals surface area contributed by atoms with Crippen LogP contribution in [0.2, 0.25) is 10.0 Å². The Balaban J connectivity index is 2.05. The number of benzene rings is 2. The maximum absolute atomic E-state index is 12.0. The van der Waals surface area contributed by atoms with Crippen LogP contribution in [-0.4, -0.2) is 5.78 Å². The highest BCUT2D eigenvalue weighted by Crippen LogP contribution is 2.21. The number of halogens is 3. The molecule has 0 saturated carbocycles. The smallest absolute Gasteiger partial charge is 0.141 e. The summed E-state index contributed by atoms with van der Waals surface area (Å²) in [6, 6.07) is 12.9. The molecule has 0 heterocycles. The van der Waals surface area contributed by atoms with Crippen molar-refractivity contribution in [3.8, 4) is 0 Å². The third kappa shape index (κ3) is 4.34. The number of ketones is 1. The molecule has 4 heteroatoms. The molecule has 0 aliphatic rings. The van der Waals surface area contributed by atoms with Gasteiger partial charge < -0.3 is 0 Å². The zero-order valence-corrected chi connectivity index (χ0v) is 13.1. The van der Waals surface area contributed by atoms with E-state index in [1.165, 1.54) is 0 Å². The van der Waals surface area contributed by atoms with Gasteiger partial charge in [0, 0.05) is 27.4 Å². The lowest BCUT2D eigenvalue weighted by atomic mass is 10.0. The molecular formula is C15H11BrCl2O. The van der Waals surface area contributed by atoms with Crippen molar-refractivity contribution >= 4 is 44.9 Å². The van der Waals surface area contributed by atoms with Crippen molar-refractivity contribution in [1.29, 1.82) is 0 Å². The van der Waals surface area contributed by atoms with Gasteiger partial charge in [0.25, 0.3) is 0 Å². The fourth-order valence-electron chi connectivity index (χ4n) is 1.78. The minimum Gasteiger partial charge on any atom is -0.299 e. The van der Waals surface area contributed by atoms with Crippen molar-refractivity contribution < 1.29 is 4.79 Å². The van der Waals surface area contributed by atoms with Crippen LogP contribution >= 0.6 is 39.1 Å². The molecule has 0 atom stereocenters. The molecule has 2 rings (SSSR count). The molecule has 0 unspecified atom stereocenters. The number of carbonyl (C=O) groups excluding carboxylic acids is 1. The maximum atomic E-state index is 12.0. The van der Waals surface area contributed by atoms with Crippen molar-refractivity contribution in [3.63, 3.8) is 0 Å². The second-order valence-corrected chi connectivity index (χ2v) is 6.01. The lowest BCUT2D eigenvalue weighted by molar-refractivity contribution is -0.117. The van der Waals surface area contributed by atoms with Crippen LogP contribution in [0.15, 0.2) is 46.9 Å². The summed E-state index contributed by atoms with van der Waals surface area (Å²) in [6.45, 7) is 0. The molecule has 0 aliphatic heterocycles. The lowest BCUT2D eigenvalue weighted by Gasteiger charge is -2.05. The molecule has 0 saturated heterocycles. The predicted molar refractivity (Wildman–Crippen MR) is 83.0 cm³/mol. The molecule has 98 valence electrons. The minimum absolute atomic E-state index is 0.117. The second kappa shape index (κ2) is 6.56. The van der Waals surface area contributed by atoms with E-state index in [0.29, 0.717) is 22.9 Å². The summed E-state index contributed by atoms with van der Waals surface area (Å²) in [5.41, 5.74) is 1.77. The summed E-state index contributed by atoms with van der Waals surface area (Å²) in [5, 5.41) is 1.17. The first kappa shape index (κ1) is 14.6. The molecule has 0 amide bonds. The Morgan fingerprint density at radius 1 is 1.00 bits per heavy atom. The van der Waals surface area contributed by atoms with Gasteiger partial charge in [-0.25, -0.2) is 0 Å². The third-order valence-electron chi connectivity index (χ3n) is 2.71. The minimum atomic E-state index is 0.117. The second-order valence-electron chi connectivity index (χ2n) is 4.25. The number of carbonyl (C=O) groups is 1. The van der Waals surface area contributed by atoms with Crippen LogP contribution in [0.25, 0.3) is 0 Å². The Morgan fingerprint density at radius 2 is 1.68 bits per heavy atom. The van der Waals surface area contributed by atoms with E-state index >= 15 is 0 Å². The van der Waals surface area contributed by atoms with Crippen LogP contribution in [0.1, 0.15) is 11.1 Å². The van der Waals surface area contributed by atoms with Gasteiger partial charge >= 0.3 is 0 Å². The number of hydrogen-bond donors (Lipinski definition) is 0. The Labute approximate surface area is 130 Å². The van der Waals surface area contributed by atoms with Gasteiger partial charge in [-0.3, -0.25) is 4.79 Å². The van der Waals surface area contributed by atoms with Gasteiger partial charge in [0.1, 0.15) is 5.78 Å². The molecule has 0 spiro atoms. The molecule has 0 bridgehead atoms. The van der Waals surface area contributed by atoms with Crippen molar-refractivity contribution in [3.05, 3.63) is 68.1 Å². The van der Waals surface area contributed by atoms with Crippen molar-refractivity contribution in [1.82, 2.24) is 0 Å². The molecular weight excluding hydrogens is 347 g/mol. The summed E-state index contributed by atoms with van der Waals surface area (Å²) < 4.78 is 1.00. The normalized spacial score (nSPS) is 10.5. The third-order valence-corrected chi connectivity index (χ3v) is 3.84. The monoisotopic (exact) mass is 356 g/mol. The van der Waals surface area contributed by atoms with E-state index in [-0.39, 0.29) is 5.78 Å². The lowest BCUT2D eigenvalue weighted by Crippen LogP contribution is -2.07. The maximum Gasteiger partial charge on any atom is 0.141 e. The Bertz CT molecular complexity index is 594. The number of hydrogen-bond acceptors (Lipinski definition) is 1. The largest absolute Gasteiger partial charge is 0.299 e. The molecule has 2 aromatic rings. The van der Waals surface area contributed by atoms with Gasteiger partial charge in [0.05, 0.1) is 0 Å². The van der Waals surface area contributed by atoms with Gasteiger partial charge in [-0.1, -0.05) is 51.3 Å². The van der Waals surface area contributed by atoms with Crippen LogP contribution in [-0.2, 0) is 17.6 Å². The van der Waals surface area contributed by atoms with Crippen LogP contribution in [0.5, 0.6) is 0 Å². The zero-order chi connectivity index (χ0) is 13.8. The highest BCUT2D eigenvalue weighted by molar-refractivity contribution is 9.10. The van der Waals surface area contributed by atoms with Crippen LogP contribution < -0.4 is 0 Å². The summed E-state index contributed by atoms with van der Waals surface area (Å²) >= 11 is 15.3. The van der Waals surface area contributed by atoms with Crippen molar-refractivity contribution in [2.24, 2.45) is 0 Å². The van der Waals surface area contributed by atoms with Crippen molar-refractivity contribution in [2.45, 2.75) is 12.8 Å². The molecule has 1 nitrogen and oxygen atoms in total. The first-order valence-corrected chi connectivity index (χ1v) is 7.29. The van der Waals surface area contributed by atoms with Crippen molar-refractivity contribution in [2.75, 3.05) is 0 Å². The SMILES string of the molecule is O=C(Cc1ccc(Br)cc1)Cc1cc(Cl)ccc1Cl. The number of rotatable bonds is 4. The summed E-state index contributed by atoms with van der Waals surface area (Å²) in [7, 11) is 0. The Morgan fingerprint density at radius 3 is 2.37 bits per heavy atom. The number of Topliss-reactive ketones (excluding diaryl/α,β-unsaturated/α-hetero) is 1. The topological polar surface area (TPSA) is 17.1 Å². The molecule has 0 N–H and O–H groups in total. The average Bonchev–Trinajstić information content (AvgIpc) is 2.37. The van der Waals surface area contributed by atoms with E-state index in [1.807, 2.05) is 24.3 Å². The van der Waals surface area contributed by atoms with E-state index in [1.54, 1.807) is 18.2 Å². The van der Waals surface area contributed by atoms with Gasteiger partial charge in [-0.15, -0.1) is 0 Å². The Hall–Kier alpha value is -0.830. The average molecular weight is 358 g/mol. The Kier molecular flexibility index (Phi) is 5.03. The summed E-state index contributed by atoms with van der Waals surface area (Å²) in [5.74, 6) is 0.117. The predicted octanol–water partition coefficient (Wildman–Crippen LogP) is 5.11. The summed E-state index contributed by atoms with van der Waals surface area (Å²) in [4.78, 5) is 12.0. The van der Waals surface area contributed by atoms with Gasteiger partial charge in [-0.2, -0.15) is 0 Å². The molecule has 0 aromatic heterocycles. The van der Waals surface area contributed by atoms with Crippen LogP contribution in [0.4, 0.5) is 0 Å². The fraction of sp³-hybridized carbons (Fsp3) is 0.133. The van der Waals surface area contributed by atoms with E-state index in [0.717, 1.165) is 15.6 Å². The van der Waals surface area contributed by atoms with Gasteiger partial charge in [0.15, 0.2) is 0 Å². The molecule has 0 fully saturated rings. The highest BCUT2D eigenvalue weighted by Gasteiger charge is 2.09. The van der Waals surface area contributed by atoms with E-state index < -0.39 is 0 Å². The molecule has 19 heavy (non-hydrogen) atoms. The first-order chi connectivity index (χ1) is 9.04. The quantitative estimate of drug-likeness (QED) is 0.743. The first-order valence-electron chi connectivity index (χ1n) is 5.74. The standard InChI is InChI=1S/C15H11BrCl2O/c16-12-3-1-10(2-4-12)7-14(19)9-11-8-13(17)5-6-15(11)18/h1-6,8H,7,9H2. The van der Waals surface area contributed by atoms with Crippen LogP contribution in [0, 0.1) is 0 Å².